The van der Waals surface area contributed by atoms with Crippen molar-refractivity contribution < 1.29 is 45.3 Å². The Morgan fingerprint density at radius 1 is 0.729 bits per heavy atom. The van der Waals surface area contributed by atoms with E-state index in [4.69, 9.17) is 18.9 Å². The number of likely N-dealkylation sites (N-methyl/N-ethyl adjacent to an activating group) is 1. The summed E-state index contributed by atoms with van der Waals surface area (Å²) in [5, 5.41) is 0. The number of ether oxygens (including phenoxy) is 4. The molecule has 12 heteroatoms. The number of halogens is 6. The molecule has 0 bridgehead atoms. The van der Waals surface area contributed by atoms with E-state index in [1.165, 1.54) is 11.9 Å². The molecule has 2 aliphatic rings. The summed E-state index contributed by atoms with van der Waals surface area (Å²) in [7, 11) is 1.34. The van der Waals surface area contributed by atoms with Crippen LogP contribution >= 0.6 is 0 Å². The molecule has 0 amide bonds. The van der Waals surface area contributed by atoms with Gasteiger partial charge in [0.2, 0.25) is 0 Å². The molecule has 0 spiro atoms. The Balaban J connectivity index is 1.43. The van der Waals surface area contributed by atoms with Crippen LogP contribution in [0.3, 0.4) is 0 Å². The Kier molecular flexibility index (Phi) is 10.1. The Hall–Kier alpha value is -3.97. The molecule has 48 heavy (non-hydrogen) atoms. The lowest BCUT2D eigenvalue weighted by molar-refractivity contribution is -0.147. The highest BCUT2D eigenvalue weighted by molar-refractivity contribution is 5.67. The van der Waals surface area contributed by atoms with Crippen LogP contribution in [-0.2, 0) is 57.5 Å². The summed E-state index contributed by atoms with van der Waals surface area (Å²) in [5.74, 6) is 0. The van der Waals surface area contributed by atoms with Gasteiger partial charge < -0.3 is 23.8 Å². The lowest BCUT2D eigenvalue weighted by Gasteiger charge is -2.28. The summed E-state index contributed by atoms with van der Waals surface area (Å²) in [4.78, 5) is 4.94. The number of pyridine rings is 1. The minimum atomic E-state index is -5.05. The van der Waals surface area contributed by atoms with E-state index in [1.807, 2.05) is 60.7 Å². The number of aromatic nitrogens is 1. The van der Waals surface area contributed by atoms with E-state index in [1.54, 1.807) is 30.3 Å². The largest absolute Gasteiger partial charge is 0.433 e. The highest BCUT2D eigenvalue weighted by atomic mass is 19.4. The molecule has 3 aromatic carbocycles. The van der Waals surface area contributed by atoms with Crippen LogP contribution in [0.15, 0.2) is 91.0 Å². The zero-order valence-corrected chi connectivity index (χ0v) is 26.0. The quantitative estimate of drug-likeness (QED) is 0.151. The van der Waals surface area contributed by atoms with Crippen LogP contribution in [-0.4, -0.2) is 43.5 Å². The molecule has 4 atom stereocenters. The van der Waals surface area contributed by atoms with Crippen LogP contribution in [0.5, 0.6) is 0 Å². The maximum atomic E-state index is 15.0. The first-order chi connectivity index (χ1) is 23.0. The first kappa shape index (κ1) is 33.9. The fourth-order valence-electron chi connectivity index (χ4n) is 6.26. The number of alkyl halides is 6. The molecule has 254 valence electrons. The van der Waals surface area contributed by atoms with Crippen molar-refractivity contribution in [3.8, 4) is 0 Å². The third-order valence-electron chi connectivity index (χ3n) is 8.47. The Morgan fingerprint density at radius 2 is 1.25 bits per heavy atom. The monoisotopic (exact) mass is 672 g/mol. The predicted octanol–water partition coefficient (Wildman–Crippen LogP) is 7.94. The summed E-state index contributed by atoms with van der Waals surface area (Å²) in [6.07, 6.45) is -15.3. The van der Waals surface area contributed by atoms with Gasteiger partial charge in [0.05, 0.1) is 37.8 Å². The molecular formula is C36H34F6N2O4. The van der Waals surface area contributed by atoms with Gasteiger partial charge in [0.15, 0.2) is 0 Å². The van der Waals surface area contributed by atoms with Gasteiger partial charge in [-0.05, 0) is 23.1 Å². The van der Waals surface area contributed by atoms with E-state index in [0.29, 0.717) is 5.56 Å². The molecule has 0 aliphatic carbocycles. The standard InChI is InChI=1S/C36H34F6N2O4/c1-44-18-17-26-30(44)28(35(37,38)39)29(43-34(26)36(40,41)42)32-33(47-21-25-15-9-4-10-16-25)31(46-20-24-13-7-3-8-14-24)27(48-32)22-45-19-23-11-5-2-6-12-23/h2-16,27,31-33H,17-22H2,1H3/t27-,31-,32+,33-/m1/s1. The molecule has 0 radical (unpaired) electrons. The van der Waals surface area contributed by atoms with E-state index in [9.17, 15) is 26.3 Å². The van der Waals surface area contributed by atoms with Crippen LogP contribution in [0, 0.1) is 0 Å². The molecule has 1 fully saturated rings. The van der Waals surface area contributed by atoms with Crippen molar-refractivity contribution in [1.29, 1.82) is 0 Å². The minimum Gasteiger partial charge on any atom is -0.374 e. The highest BCUT2D eigenvalue weighted by Crippen LogP contribution is 2.51. The first-order valence-electron chi connectivity index (χ1n) is 15.5. The smallest absolute Gasteiger partial charge is 0.374 e. The minimum absolute atomic E-state index is 0.0230. The van der Waals surface area contributed by atoms with Gasteiger partial charge in [-0.15, -0.1) is 0 Å². The average molecular weight is 673 g/mol. The molecule has 0 saturated carbocycles. The molecule has 2 aliphatic heterocycles. The van der Waals surface area contributed by atoms with Crippen molar-refractivity contribution in [2.75, 3.05) is 25.1 Å². The van der Waals surface area contributed by atoms with Gasteiger partial charge in [-0.2, -0.15) is 26.3 Å². The summed E-state index contributed by atoms with van der Waals surface area (Å²) in [5.41, 5.74) is -2.22. The number of fused-ring (bicyclic) bond motifs is 1. The maximum Gasteiger partial charge on any atom is 0.433 e. The number of anilines is 1. The zero-order chi connectivity index (χ0) is 33.9. The van der Waals surface area contributed by atoms with E-state index in [2.05, 4.69) is 4.98 Å². The SMILES string of the molecule is CN1CCc2c(C(F)(F)F)nc([C@@H]3O[C@H](COCc4ccccc4)[C@@H](OCc4ccccc4)[C@H]3OCc3ccccc3)c(C(F)(F)F)c21. The summed E-state index contributed by atoms with van der Waals surface area (Å²) >= 11 is 0. The molecule has 6 nitrogen and oxygen atoms in total. The lowest BCUT2D eigenvalue weighted by atomic mass is 9.96. The van der Waals surface area contributed by atoms with E-state index in [-0.39, 0.29) is 39.4 Å². The lowest BCUT2D eigenvalue weighted by Crippen LogP contribution is -2.38. The Bertz CT molecular complexity index is 1650. The van der Waals surface area contributed by atoms with Crippen molar-refractivity contribution in [3.63, 3.8) is 0 Å². The van der Waals surface area contributed by atoms with Gasteiger partial charge in [0, 0.05) is 19.2 Å². The molecular weight excluding hydrogens is 638 g/mol. The van der Waals surface area contributed by atoms with Crippen LogP contribution in [0.25, 0.3) is 0 Å². The van der Waals surface area contributed by atoms with Crippen molar-refractivity contribution >= 4 is 5.69 Å². The number of hydrogen-bond acceptors (Lipinski definition) is 6. The number of benzene rings is 3. The third kappa shape index (κ3) is 7.52. The molecule has 0 N–H and O–H groups in total. The van der Waals surface area contributed by atoms with Crippen LogP contribution in [0.1, 0.15) is 45.3 Å². The molecule has 1 saturated heterocycles. The fraction of sp³-hybridized carbons (Fsp3) is 0.361. The number of nitrogens with zero attached hydrogens (tertiary/aromatic N) is 2. The van der Waals surface area contributed by atoms with E-state index < -0.39 is 65.0 Å². The fourth-order valence-corrected chi connectivity index (χ4v) is 6.26. The second-order valence-electron chi connectivity index (χ2n) is 11.8. The Morgan fingerprint density at radius 3 is 1.77 bits per heavy atom. The first-order valence-corrected chi connectivity index (χ1v) is 15.5. The van der Waals surface area contributed by atoms with Crippen LogP contribution < -0.4 is 4.90 Å². The van der Waals surface area contributed by atoms with Crippen molar-refractivity contribution in [2.45, 2.75) is 63.0 Å². The van der Waals surface area contributed by atoms with Crippen molar-refractivity contribution in [2.24, 2.45) is 0 Å². The predicted molar refractivity (Wildman–Crippen MR) is 165 cm³/mol. The van der Waals surface area contributed by atoms with Crippen LogP contribution in [0.4, 0.5) is 32.0 Å². The summed E-state index contributed by atoms with van der Waals surface area (Å²) in [6, 6.07) is 27.3. The number of rotatable bonds is 11. The number of hydrogen-bond donors (Lipinski definition) is 0. The van der Waals surface area contributed by atoms with Crippen molar-refractivity contribution in [3.05, 3.63) is 130 Å². The van der Waals surface area contributed by atoms with Gasteiger partial charge in [-0.1, -0.05) is 91.0 Å². The van der Waals surface area contributed by atoms with E-state index >= 15 is 0 Å². The normalized spacial score (nSPS) is 21.1. The van der Waals surface area contributed by atoms with Gasteiger partial charge in [-0.25, -0.2) is 4.98 Å². The summed E-state index contributed by atoms with van der Waals surface area (Å²) < 4.78 is 113. The summed E-state index contributed by atoms with van der Waals surface area (Å²) in [6.45, 7) is -0.00578. The van der Waals surface area contributed by atoms with E-state index in [0.717, 1.165) is 11.1 Å². The van der Waals surface area contributed by atoms with Gasteiger partial charge >= 0.3 is 12.4 Å². The third-order valence-corrected chi connectivity index (χ3v) is 8.47. The molecule has 1 aromatic heterocycles. The second kappa shape index (κ2) is 14.3. The van der Waals surface area contributed by atoms with Crippen LogP contribution in [0.2, 0.25) is 0 Å². The molecule has 3 heterocycles. The average Bonchev–Trinajstić information content (AvgIpc) is 3.62. The topological polar surface area (TPSA) is 53.1 Å². The zero-order valence-electron chi connectivity index (χ0n) is 26.0. The molecule has 6 rings (SSSR count). The van der Waals surface area contributed by atoms with Gasteiger partial charge in [0.25, 0.3) is 0 Å². The maximum absolute atomic E-state index is 15.0. The molecule has 4 aromatic rings. The second-order valence-corrected chi connectivity index (χ2v) is 11.8. The van der Waals surface area contributed by atoms with Crippen molar-refractivity contribution in [1.82, 2.24) is 4.98 Å². The van der Waals surface area contributed by atoms with Gasteiger partial charge in [-0.3, -0.25) is 0 Å². The molecule has 0 unspecified atom stereocenters. The van der Waals surface area contributed by atoms with Gasteiger partial charge in [0.1, 0.15) is 35.7 Å². The Labute approximate surface area is 274 Å². The highest BCUT2D eigenvalue weighted by Gasteiger charge is 2.54.